The first-order chi connectivity index (χ1) is 13.4. The van der Waals surface area contributed by atoms with Crippen LogP contribution in [0.1, 0.15) is 11.1 Å². The first-order valence-corrected chi connectivity index (χ1v) is 9.68. The van der Waals surface area contributed by atoms with Crippen LogP contribution in [0.2, 0.25) is 0 Å². The summed E-state index contributed by atoms with van der Waals surface area (Å²) in [6.07, 6.45) is 0.834. The Labute approximate surface area is 211 Å². The Morgan fingerprint density at radius 2 is 1.52 bits per heavy atom. The summed E-state index contributed by atoms with van der Waals surface area (Å²) in [7, 11) is -4.57. The number of nitrogens with zero attached hydrogens (tertiary/aromatic N) is 1. The molecule has 11 heteroatoms. The Morgan fingerprint density at radius 3 is 2.19 bits per heavy atom. The summed E-state index contributed by atoms with van der Waals surface area (Å²) in [6.45, 7) is 0. The Morgan fingerprint density at radius 1 is 0.903 bits per heavy atom. The minimum absolute atomic E-state index is 0. The van der Waals surface area contributed by atoms with Crippen molar-refractivity contribution in [1.82, 2.24) is 0 Å². The molecule has 0 aliphatic heterocycles. The van der Waals surface area contributed by atoms with Crippen LogP contribution in [-0.2, 0) is 32.3 Å². The average Bonchev–Trinajstić information content (AvgIpc) is 2.67. The maximum absolute atomic E-state index is 12.5. The Hall–Kier alpha value is -2.00. The van der Waals surface area contributed by atoms with Crippen molar-refractivity contribution in [2.45, 2.75) is 0 Å². The predicted molar refractivity (Wildman–Crippen MR) is 110 cm³/mol. The van der Waals surface area contributed by atoms with Gasteiger partial charge in [0, 0.05) is 40.0 Å². The van der Waals surface area contributed by atoms with Gasteiger partial charge in [-0.05, 0) is 11.5 Å². The summed E-state index contributed by atoms with van der Waals surface area (Å²) in [5.41, 5.74) is 3.45. The second-order valence-corrected chi connectivity index (χ2v) is 7.54. The number of carbonyl (C=O) groups is 1. The maximum Gasteiger partial charge on any atom is 1.00 e. The Balaban J connectivity index is 0.00000160. The number of ketones is 1. The van der Waals surface area contributed by atoms with E-state index in [2.05, 4.69) is 10.5 Å². The van der Waals surface area contributed by atoms with Gasteiger partial charge in [-0.1, -0.05) is 54.6 Å². The molecule has 0 aromatic heterocycles. The summed E-state index contributed by atoms with van der Waals surface area (Å²) in [5, 5.41) is 15.9. The molecule has 0 bridgehead atoms. The minimum Gasteiger partial charge on any atom is -0.506 e. The molecular formula is C20H16CrN2NaO6S+. The monoisotopic (exact) mass is 487 g/mol. The van der Waals surface area contributed by atoms with Crippen LogP contribution in [0, 0.1) is 0 Å². The zero-order chi connectivity index (χ0) is 19.9. The topological polar surface area (TPSA) is 148 Å². The Kier molecular flexibility index (Phi) is 9.20. The van der Waals surface area contributed by atoms with E-state index >= 15 is 0 Å². The zero-order valence-corrected chi connectivity index (χ0v) is 20.3. The van der Waals surface area contributed by atoms with Crippen molar-refractivity contribution in [1.29, 1.82) is 0 Å². The largest absolute Gasteiger partial charge is 1.00 e. The van der Waals surface area contributed by atoms with E-state index in [1.54, 1.807) is 24.3 Å². The fraction of sp³-hybridized carbons (Fsp3) is 0. The van der Waals surface area contributed by atoms with Crippen LogP contribution in [0.4, 0.5) is 5.69 Å². The fourth-order valence-corrected chi connectivity index (χ4v) is 3.83. The molecule has 1 aliphatic rings. The van der Waals surface area contributed by atoms with Crippen molar-refractivity contribution in [3.8, 4) is 5.75 Å². The van der Waals surface area contributed by atoms with Gasteiger partial charge in [0.15, 0.2) is 0 Å². The summed E-state index contributed by atoms with van der Waals surface area (Å²) in [6, 6.07) is 16.8. The van der Waals surface area contributed by atoms with Gasteiger partial charge in [0.05, 0.1) is 0 Å². The quantitative estimate of drug-likeness (QED) is 0.194. The van der Waals surface area contributed by atoms with Crippen LogP contribution < -0.4 is 35.0 Å². The van der Waals surface area contributed by atoms with Gasteiger partial charge in [0.1, 0.15) is 22.1 Å². The van der Waals surface area contributed by atoms with Crippen LogP contribution in [0.25, 0.3) is 15.7 Å². The van der Waals surface area contributed by atoms with Gasteiger partial charge in [0.2, 0.25) is 5.78 Å². The standard InChI is InChI=1S/C20H14N2O5S.Cr.Na.H2O/c23-16-10-9-12-5-1-2-6-13(12)19(16)21-22-20-15-8-4-3-7-14(15)18(11-17(20)24)28(25,26)27;;;/h1-11,21,23H,(H,25,26,27);;;1H2/q;;+1;/b22-20-;;;. The molecule has 0 saturated heterocycles. The first kappa shape index (κ1) is 27.0. The van der Waals surface area contributed by atoms with E-state index < -0.39 is 20.8 Å². The zero-order valence-electron chi connectivity index (χ0n) is 16.2. The molecular weight excluding hydrogens is 471 g/mol. The number of phenols is 1. The molecule has 5 N–H and O–H groups in total. The molecule has 4 rings (SSSR count). The number of hydrogen-bond acceptors (Lipinski definition) is 6. The molecule has 1 aliphatic carbocycles. The van der Waals surface area contributed by atoms with E-state index in [9.17, 15) is 22.9 Å². The SMILES string of the molecule is O.O=C1C=C(S(=O)(=O)O)c2ccccc2/C1=N/Nc1c(O)ccc2ccccc12.[Cr].[Na+]. The summed E-state index contributed by atoms with van der Waals surface area (Å²) >= 11 is 0. The van der Waals surface area contributed by atoms with Crippen LogP contribution in [-0.4, -0.2) is 35.0 Å². The molecule has 0 unspecified atom stereocenters. The summed E-state index contributed by atoms with van der Waals surface area (Å²) in [5.74, 6) is -0.729. The van der Waals surface area contributed by atoms with E-state index in [1.807, 2.05) is 18.2 Å². The maximum atomic E-state index is 12.5. The molecule has 154 valence electrons. The molecule has 8 nitrogen and oxygen atoms in total. The number of allylic oxidation sites excluding steroid dienone is 1. The first-order valence-electron chi connectivity index (χ1n) is 8.24. The van der Waals surface area contributed by atoms with Crippen LogP contribution in [0.3, 0.4) is 0 Å². The molecule has 0 atom stereocenters. The van der Waals surface area contributed by atoms with E-state index in [4.69, 9.17) is 0 Å². The number of anilines is 1. The van der Waals surface area contributed by atoms with E-state index in [1.165, 1.54) is 18.2 Å². The summed E-state index contributed by atoms with van der Waals surface area (Å²) < 4.78 is 32.7. The molecule has 3 aromatic carbocycles. The van der Waals surface area contributed by atoms with Gasteiger partial charge < -0.3 is 10.6 Å². The van der Waals surface area contributed by atoms with Crippen LogP contribution >= 0.6 is 0 Å². The smallest absolute Gasteiger partial charge is 0.506 e. The molecule has 0 heterocycles. The fourth-order valence-electron chi connectivity index (χ4n) is 3.12. The molecule has 0 saturated carbocycles. The molecule has 0 spiro atoms. The predicted octanol–water partition coefficient (Wildman–Crippen LogP) is -0.650. The number of benzene rings is 3. The van der Waals surface area contributed by atoms with Gasteiger partial charge in [-0.2, -0.15) is 13.5 Å². The van der Waals surface area contributed by atoms with Crippen molar-refractivity contribution in [3.05, 3.63) is 77.9 Å². The van der Waals surface area contributed by atoms with Crippen LogP contribution in [0.5, 0.6) is 5.75 Å². The van der Waals surface area contributed by atoms with Crippen molar-refractivity contribution < 1.29 is 75.3 Å². The number of rotatable bonds is 3. The third-order valence-corrected chi connectivity index (χ3v) is 5.30. The second kappa shape index (κ2) is 10.5. The third-order valence-electron chi connectivity index (χ3n) is 4.41. The molecule has 0 amide bonds. The van der Waals surface area contributed by atoms with Crippen LogP contribution in [0.15, 0.2) is 71.8 Å². The van der Waals surface area contributed by atoms with Gasteiger partial charge in [-0.15, -0.1) is 0 Å². The number of nitrogens with one attached hydrogen (secondary N) is 1. The van der Waals surface area contributed by atoms with Gasteiger partial charge in [-0.3, -0.25) is 14.8 Å². The van der Waals surface area contributed by atoms with Crippen molar-refractivity contribution in [2.75, 3.05) is 5.43 Å². The number of aromatic hydroxyl groups is 1. The van der Waals surface area contributed by atoms with Gasteiger partial charge >= 0.3 is 29.6 Å². The second-order valence-electron chi connectivity index (χ2n) is 6.15. The Bertz CT molecular complexity index is 1310. The average molecular weight is 487 g/mol. The van der Waals surface area contributed by atoms with E-state index in [-0.39, 0.29) is 75.0 Å². The molecule has 31 heavy (non-hydrogen) atoms. The normalized spacial score (nSPS) is 13.9. The minimum atomic E-state index is -4.57. The van der Waals surface area contributed by atoms with Crippen molar-refractivity contribution in [2.24, 2.45) is 5.10 Å². The molecule has 0 fully saturated rings. The number of phenolic OH excluding ortho intramolecular Hbond substituents is 1. The third kappa shape index (κ3) is 5.26. The van der Waals surface area contributed by atoms with Crippen molar-refractivity contribution >= 4 is 43.0 Å². The number of hydrazone groups is 1. The molecule has 3 aromatic rings. The van der Waals surface area contributed by atoms with Gasteiger partial charge in [-0.25, -0.2) is 0 Å². The number of hydrogen-bond donors (Lipinski definition) is 3. The van der Waals surface area contributed by atoms with Gasteiger partial charge in [0.25, 0.3) is 10.1 Å². The van der Waals surface area contributed by atoms with E-state index in [0.29, 0.717) is 11.1 Å². The van der Waals surface area contributed by atoms with Crippen molar-refractivity contribution in [3.63, 3.8) is 0 Å². The number of fused-ring (bicyclic) bond motifs is 2. The molecule has 0 radical (unpaired) electrons. The summed E-state index contributed by atoms with van der Waals surface area (Å²) in [4.78, 5) is 12.0. The number of carbonyl (C=O) groups excluding carboxylic acids is 1. The van der Waals surface area contributed by atoms with E-state index in [0.717, 1.165) is 11.5 Å².